The lowest BCUT2D eigenvalue weighted by molar-refractivity contribution is -0.225. The van der Waals surface area contributed by atoms with Crippen LogP contribution in [0.4, 0.5) is 0 Å². The minimum absolute atomic E-state index is 0.461. The van der Waals surface area contributed by atoms with Gasteiger partial charge in [-0.1, -0.05) is 157 Å². The molecule has 0 saturated carbocycles. The molecule has 6 rings (SSSR count). The Labute approximate surface area is 460 Å². The van der Waals surface area contributed by atoms with Crippen molar-refractivity contribution < 1.29 is 52.0 Å². The summed E-state index contributed by atoms with van der Waals surface area (Å²) in [5, 5.41) is 37.4. The molecule has 4 heterocycles. The van der Waals surface area contributed by atoms with E-state index < -0.39 is 143 Å². The monoisotopic (exact) mass is 1180 g/mol. The largest absolute Gasteiger partial charge is 0.408 e. The number of benzene rings is 2. The topological polar surface area (TPSA) is 255 Å². The molecule has 0 radical (unpaired) electrons. The second-order valence-corrected chi connectivity index (χ2v) is 48.2. The number of nitrogens with one attached hydrogen (secondary N) is 2. The molecule has 19 nitrogen and oxygen atoms in total. The Balaban J connectivity index is 1.54. The van der Waals surface area contributed by atoms with Gasteiger partial charge in [-0.25, -0.2) is 9.59 Å². The summed E-state index contributed by atoms with van der Waals surface area (Å²) in [5.74, 6) is -2.88. The molecule has 0 bridgehead atoms. The third-order valence-electron chi connectivity index (χ3n) is 17.0. The molecule has 77 heavy (non-hydrogen) atoms. The van der Waals surface area contributed by atoms with Crippen molar-refractivity contribution in [2.24, 2.45) is 0 Å². The summed E-state index contributed by atoms with van der Waals surface area (Å²) < 4.78 is 49.5. The molecule has 10 atom stereocenters. The second-order valence-electron chi connectivity index (χ2n) is 26.1. The number of nitrogens with zero attached hydrogens (tertiary/aromatic N) is 2. The Morgan fingerprint density at radius 2 is 1.10 bits per heavy atom. The van der Waals surface area contributed by atoms with Crippen LogP contribution in [0.15, 0.2) is 104 Å². The average Bonchev–Trinajstić information content (AvgIpc) is 3.71. The lowest BCUT2D eigenvalue weighted by Crippen LogP contribution is -2.70. The Kier molecular flexibility index (Phi) is 17.7. The molecule has 2 aromatic carbocycles. The van der Waals surface area contributed by atoms with E-state index in [1.807, 2.05) is 162 Å². The van der Waals surface area contributed by atoms with Gasteiger partial charge < -0.3 is 43.0 Å². The zero-order valence-electron chi connectivity index (χ0n) is 47.9. The van der Waals surface area contributed by atoms with Crippen molar-refractivity contribution >= 4 is 61.9 Å². The van der Waals surface area contributed by atoms with E-state index in [0.717, 1.165) is 31.6 Å². The van der Waals surface area contributed by atoms with Gasteiger partial charge in [0.05, 0.1) is 14.7 Å². The van der Waals surface area contributed by atoms with Crippen molar-refractivity contribution in [3.05, 3.63) is 127 Å². The number of hydrogen-bond acceptors (Lipinski definition) is 15. The predicted molar refractivity (Wildman–Crippen MR) is 310 cm³/mol. The molecular weight excluding hydrogens is 1100 g/mol. The summed E-state index contributed by atoms with van der Waals surface area (Å²) in [6, 6.07) is 21.6. The molecule has 2 fully saturated rings. The predicted octanol–water partition coefficient (Wildman–Crippen LogP) is 6.27. The fourth-order valence-electron chi connectivity index (χ4n) is 9.57. The van der Waals surface area contributed by atoms with Gasteiger partial charge in [0.25, 0.3) is 19.4 Å². The summed E-state index contributed by atoms with van der Waals surface area (Å²) in [4.78, 5) is 69.6. The zero-order chi connectivity index (χ0) is 58.1. The Hall–Kier alpha value is -3.12. The van der Waals surface area contributed by atoms with Crippen molar-refractivity contribution in [3.8, 4) is 0 Å². The number of H-pyrrole nitrogens is 2. The molecule has 2 aliphatic heterocycles. The third kappa shape index (κ3) is 12.0. The second kappa shape index (κ2) is 21.6. The molecule has 0 amide bonds. The Morgan fingerprint density at radius 3 is 1.52 bits per heavy atom. The van der Waals surface area contributed by atoms with Crippen molar-refractivity contribution in [1.29, 1.82) is 0 Å². The number of aromatic amines is 2. The van der Waals surface area contributed by atoms with Gasteiger partial charge in [0.1, 0.15) is 29.6 Å². The van der Waals surface area contributed by atoms with Crippen LogP contribution < -0.4 is 32.9 Å². The molecule has 25 heteroatoms. The van der Waals surface area contributed by atoms with Crippen molar-refractivity contribution in [2.75, 3.05) is 6.61 Å². The van der Waals surface area contributed by atoms with Crippen molar-refractivity contribution in [3.63, 3.8) is 0 Å². The maximum atomic E-state index is 13.8. The van der Waals surface area contributed by atoms with Gasteiger partial charge >= 0.3 is 18.1 Å². The van der Waals surface area contributed by atoms with Crippen LogP contribution in [0.25, 0.3) is 0 Å². The molecule has 2 aliphatic rings. The van der Waals surface area contributed by atoms with E-state index in [-0.39, 0.29) is 0 Å². The van der Waals surface area contributed by atoms with Gasteiger partial charge in [0, 0.05) is 24.5 Å². The maximum absolute atomic E-state index is 13.8. The molecule has 2 aromatic heterocycles. The minimum Gasteiger partial charge on any atom is -0.408 e. The first kappa shape index (κ1) is 63.1. The highest BCUT2D eigenvalue weighted by Gasteiger charge is 2.71. The molecule has 2 unspecified atom stereocenters. The highest BCUT2D eigenvalue weighted by molar-refractivity contribution is 8.07. The van der Waals surface area contributed by atoms with Gasteiger partial charge in [-0.2, -0.15) is 0 Å². The van der Waals surface area contributed by atoms with Crippen LogP contribution in [0.3, 0.4) is 0 Å². The van der Waals surface area contributed by atoms with Crippen LogP contribution in [0.2, 0.25) is 59.4 Å². The first-order valence-electron chi connectivity index (χ1n) is 25.9. The van der Waals surface area contributed by atoms with E-state index in [9.17, 15) is 39.4 Å². The number of aliphatic hydroxyl groups excluding tert-OH is 1. The van der Waals surface area contributed by atoms with Crippen LogP contribution in [-0.2, 0) is 43.6 Å². The molecule has 4 aromatic rings. The summed E-state index contributed by atoms with van der Waals surface area (Å²) in [6.07, 6.45) is -9.66. The maximum Gasteiger partial charge on any atom is 0.330 e. The molecule has 428 valence electrons. The van der Waals surface area contributed by atoms with Gasteiger partial charge in [0.15, 0.2) is 35.4 Å². The summed E-state index contributed by atoms with van der Waals surface area (Å²) >= 11 is 5.83. The standard InChI is InChI=1S/C52H83N4O15PSSi4/c1-47(2,3)74(13,14)52(63)40(69-75(15,16)48(4,5)6)39(67-44(52)56-32-30-38(58)54-46(56)61)43(59)68-72(64,73)71-51(62)36(33-65-77(50(10,11)12,34-25-21-19-22-26-34)35-27-23-20-24-28-35)66-42(55-31-29-37(57)53-45(55)60)41(51)70-76(17,18)49(7,8)9/h19-32,36,39-44,59,62-63H,33H2,1-18H3,(H,64,73)(H,53,57,60)(H,54,58,61)/t36-,39+,40-,41+,42-,43?,44-,51+,52+,72?/m1/s1. The van der Waals surface area contributed by atoms with Gasteiger partial charge in [0.2, 0.25) is 5.79 Å². The summed E-state index contributed by atoms with van der Waals surface area (Å²) in [6.45, 7) is 29.8. The number of aromatic nitrogens is 4. The lowest BCUT2D eigenvalue weighted by atomic mass is 10.1. The number of ether oxygens (including phenoxy) is 2. The normalized spacial score (nSPS) is 26.4. The average molecular weight is 1180 g/mol. The van der Waals surface area contributed by atoms with E-state index in [2.05, 4.69) is 30.7 Å². The first-order chi connectivity index (χ1) is 35.0. The third-order valence-corrected chi connectivity index (χ3v) is 38.7. The van der Waals surface area contributed by atoms with Gasteiger partial charge in [-0.15, -0.1) is 0 Å². The molecular formula is C52H83N4O15PSSi4. The number of rotatable bonds is 17. The van der Waals surface area contributed by atoms with E-state index in [1.54, 1.807) is 0 Å². The number of hydrogen-bond donors (Lipinski definition) is 6. The zero-order valence-corrected chi connectivity index (χ0v) is 53.6. The lowest BCUT2D eigenvalue weighted by Gasteiger charge is -2.53. The van der Waals surface area contributed by atoms with Crippen LogP contribution in [0.1, 0.15) is 95.5 Å². The molecule has 2 saturated heterocycles. The van der Waals surface area contributed by atoms with Crippen LogP contribution in [0.5, 0.6) is 0 Å². The fourth-order valence-corrected chi connectivity index (χ4v) is 21.4. The van der Waals surface area contributed by atoms with E-state index >= 15 is 0 Å². The quantitative estimate of drug-likeness (QED) is 0.0387. The number of aliphatic hydroxyl groups is 3. The Morgan fingerprint density at radius 1 is 0.662 bits per heavy atom. The van der Waals surface area contributed by atoms with E-state index in [0.29, 0.717) is 0 Å². The van der Waals surface area contributed by atoms with E-state index in [4.69, 9.17) is 43.6 Å². The SMILES string of the molecule is CC(C)(C)[Si](C)(C)O[C@@H]1[C@@H](C(O)OP(O)(=S)O[C@@]2(O)[C@@H](CO[Si](c3ccccc3)(c3ccccc3)C(C)(C)C)O[C@@H](n3ccc(=O)[nH]c3=O)[C@@H]2O[Si](C)(C)C(C)(C)C)O[C@@H](n2ccc(=O)[nH]c2=O)[C@@]1(O)[Si](C)(C)C(C)(C)C. The highest BCUT2D eigenvalue weighted by atomic mass is 32.5. The van der Waals surface area contributed by atoms with Crippen LogP contribution in [-0.4, -0.2) is 121 Å². The van der Waals surface area contributed by atoms with Crippen molar-refractivity contribution in [1.82, 2.24) is 19.1 Å². The van der Waals surface area contributed by atoms with Crippen LogP contribution in [0, 0.1) is 0 Å². The first-order valence-corrected chi connectivity index (χ1v) is 39.2. The van der Waals surface area contributed by atoms with Crippen molar-refractivity contribution in [2.45, 2.75) is 197 Å². The molecule has 6 N–H and O–H groups in total. The Bertz CT molecular complexity index is 2980. The molecule has 0 aliphatic carbocycles. The van der Waals surface area contributed by atoms with Gasteiger partial charge in [-0.05, 0) is 68.5 Å². The summed E-state index contributed by atoms with van der Waals surface area (Å²) in [5.41, 5.74) is -3.21. The van der Waals surface area contributed by atoms with E-state index in [1.165, 1.54) is 12.4 Å². The molecule has 0 spiro atoms. The summed E-state index contributed by atoms with van der Waals surface area (Å²) in [7, 11) is -12.9. The van der Waals surface area contributed by atoms with Gasteiger partial charge in [-0.3, -0.25) is 37.7 Å². The smallest absolute Gasteiger partial charge is 0.330 e. The highest BCUT2D eigenvalue weighted by Crippen LogP contribution is 2.59. The minimum atomic E-state index is -5.09. The fraction of sp³-hybridized carbons (Fsp3) is 0.615. The van der Waals surface area contributed by atoms with Crippen LogP contribution >= 0.6 is 6.72 Å².